The van der Waals surface area contributed by atoms with Crippen LogP contribution in [0, 0.1) is 0 Å². The van der Waals surface area contributed by atoms with Crippen molar-refractivity contribution in [3.63, 3.8) is 0 Å². The molecule has 0 saturated carbocycles. The maximum atomic E-state index is 4.28. The monoisotopic (exact) mass is 280 g/mol. The maximum absolute atomic E-state index is 4.28. The number of anilines is 1. The second kappa shape index (κ2) is 6.18. The Morgan fingerprint density at radius 1 is 1.26 bits per heavy atom. The minimum Gasteiger partial charge on any atom is -0.367 e. The highest BCUT2D eigenvalue weighted by atomic mass is 32.2. The molecule has 3 rings (SSSR count). The molecule has 0 aromatic carbocycles. The van der Waals surface area contributed by atoms with Crippen LogP contribution in [0.3, 0.4) is 0 Å². The summed E-state index contributed by atoms with van der Waals surface area (Å²) in [5.41, 5.74) is 1.27. The molecule has 0 bridgehead atoms. The van der Waals surface area contributed by atoms with E-state index < -0.39 is 0 Å². The number of aryl methyl sites for hydroxylation is 1. The molecule has 0 aliphatic carbocycles. The molecule has 2 aliphatic rings. The van der Waals surface area contributed by atoms with Gasteiger partial charge in [0.05, 0.1) is 11.9 Å². The Balaban J connectivity index is 1.55. The van der Waals surface area contributed by atoms with E-state index >= 15 is 0 Å². The van der Waals surface area contributed by atoms with Crippen molar-refractivity contribution >= 4 is 17.4 Å². The van der Waals surface area contributed by atoms with E-state index in [9.17, 15) is 0 Å². The van der Waals surface area contributed by atoms with Crippen molar-refractivity contribution in [1.82, 2.24) is 15.1 Å². The normalized spacial score (nSPS) is 25.7. The van der Waals surface area contributed by atoms with Gasteiger partial charge in [0.2, 0.25) is 0 Å². The first kappa shape index (κ1) is 13.3. The second-order valence-corrected chi connectivity index (χ2v) is 6.94. The Kier molecular flexibility index (Phi) is 4.33. The highest BCUT2D eigenvalue weighted by molar-refractivity contribution is 7.99. The van der Waals surface area contributed by atoms with Gasteiger partial charge in [-0.1, -0.05) is 0 Å². The summed E-state index contributed by atoms with van der Waals surface area (Å²) in [6, 6.07) is 1.40. The smallest absolute Gasteiger partial charge is 0.0752 e. The zero-order valence-corrected chi connectivity index (χ0v) is 12.5. The summed E-state index contributed by atoms with van der Waals surface area (Å²) in [5, 5.41) is 8.17. The first-order chi connectivity index (χ1) is 9.31. The number of hydrogen-bond donors (Lipinski definition) is 1. The molecule has 4 nitrogen and oxygen atoms in total. The highest BCUT2D eigenvalue weighted by Crippen LogP contribution is 2.22. The topological polar surface area (TPSA) is 33.1 Å². The molecule has 19 heavy (non-hydrogen) atoms. The van der Waals surface area contributed by atoms with Crippen molar-refractivity contribution in [3.05, 3.63) is 12.4 Å². The first-order valence-corrected chi connectivity index (χ1v) is 8.54. The van der Waals surface area contributed by atoms with Crippen LogP contribution in [-0.2, 0) is 7.05 Å². The number of rotatable bonds is 3. The molecule has 0 amide bonds. The molecule has 0 unspecified atom stereocenters. The van der Waals surface area contributed by atoms with Crippen LogP contribution in [0.15, 0.2) is 12.4 Å². The standard InChI is InChI=1S/C14H24N4S/c1-17-11-14(9-15-17)18-6-2-3-13(10-18)16-12-4-7-19-8-5-12/h9,11-13,16H,2-8,10H2,1H3/t13-/m1/s1. The Morgan fingerprint density at radius 3 is 2.84 bits per heavy atom. The summed E-state index contributed by atoms with van der Waals surface area (Å²) >= 11 is 2.10. The average Bonchev–Trinajstić information content (AvgIpc) is 2.87. The van der Waals surface area contributed by atoms with Crippen LogP contribution < -0.4 is 10.2 Å². The number of nitrogens with one attached hydrogen (secondary N) is 1. The van der Waals surface area contributed by atoms with Gasteiger partial charge in [-0.25, -0.2) is 0 Å². The quantitative estimate of drug-likeness (QED) is 0.916. The molecule has 2 saturated heterocycles. The third-order valence-corrected chi connectivity index (χ3v) is 5.22. The lowest BCUT2D eigenvalue weighted by Crippen LogP contribution is -2.50. The molecule has 5 heteroatoms. The fraction of sp³-hybridized carbons (Fsp3) is 0.786. The molecule has 0 spiro atoms. The molecule has 106 valence electrons. The van der Waals surface area contributed by atoms with E-state index in [0.717, 1.165) is 12.6 Å². The van der Waals surface area contributed by atoms with Crippen molar-refractivity contribution in [2.75, 3.05) is 29.5 Å². The number of piperidine rings is 1. The van der Waals surface area contributed by atoms with Gasteiger partial charge >= 0.3 is 0 Å². The predicted octanol–water partition coefficient (Wildman–Crippen LogP) is 1.87. The van der Waals surface area contributed by atoms with Gasteiger partial charge in [-0.15, -0.1) is 0 Å². The van der Waals surface area contributed by atoms with Gasteiger partial charge in [-0.05, 0) is 37.2 Å². The van der Waals surface area contributed by atoms with E-state index in [1.807, 2.05) is 17.9 Å². The van der Waals surface area contributed by atoms with Crippen LogP contribution in [0.2, 0.25) is 0 Å². The fourth-order valence-corrected chi connectivity index (χ4v) is 4.22. The van der Waals surface area contributed by atoms with E-state index in [0.29, 0.717) is 6.04 Å². The average molecular weight is 280 g/mol. The maximum Gasteiger partial charge on any atom is 0.0752 e. The van der Waals surface area contributed by atoms with Crippen LogP contribution in [0.5, 0.6) is 0 Å². The van der Waals surface area contributed by atoms with Crippen molar-refractivity contribution in [3.8, 4) is 0 Å². The van der Waals surface area contributed by atoms with E-state index in [1.54, 1.807) is 0 Å². The van der Waals surface area contributed by atoms with Crippen LogP contribution in [0.25, 0.3) is 0 Å². The summed E-state index contributed by atoms with van der Waals surface area (Å²) in [7, 11) is 1.99. The van der Waals surface area contributed by atoms with E-state index in [2.05, 4.69) is 33.3 Å². The lowest BCUT2D eigenvalue weighted by Gasteiger charge is -2.36. The summed E-state index contributed by atoms with van der Waals surface area (Å²) in [6.07, 6.45) is 9.40. The summed E-state index contributed by atoms with van der Waals surface area (Å²) < 4.78 is 1.89. The van der Waals surface area contributed by atoms with Crippen molar-refractivity contribution in [1.29, 1.82) is 0 Å². The van der Waals surface area contributed by atoms with Crippen molar-refractivity contribution < 1.29 is 0 Å². The van der Waals surface area contributed by atoms with Gasteiger partial charge in [0.25, 0.3) is 0 Å². The zero-order chi connectivity index (χ0) is 13.1. The van der Waals surface area contributed by atoms with E-state index in [1.165, 1.54) is 49.4 Å². The zero-order valence-electron chi connectivity index (χ0n) is 11.7. The molecule has 0 radical (unpaired) electrons. The summed E-state index contributed by atoms with van der Waals surface area (Å²) in [6.45, 7) is 2.31. The van der Waals surface area contributed by atoms with Crippen LogP contribution >= 0.6 is 11.8 Å². The molecule has 1 aromatic rings. The van der Waals surface area contributed by atoms with Gasteiger partial charge < -0.3 is 10.2 Å². The minimum absolute atomic E-state index is 0.655. The summed E-state index contributed by atoms with van der Waals surface area (Å²) in [4.78, 5) is 2.48. The fourth-order valence-electron chi connectivity index (χ4n) is 3.12. The van der Waals surface area contributed by atoms with Crippen LogP contribution in [-0.4, -0.2) is 46.5 Å². The lowest BCUT2D eigenvalue weighted by atomic mass is 10.0. The number of aromatic nitrogens is 2. The van der Waals surface area contributed by atoms with Gasteiger partial charge in [0, 0.05) is 38.4 Å². The SMILES string of the molecule is Cn1cc(N2CCC[C@@H](NC3CCSCC3)C2)cn1. The Morgan fingerprint density at radius 2 is 2.11 bits per heavy atom. The van der Waals surface area contributed by atoms with Gasteiger partial charge in [0.1, 0.15) is 0 Å². The summed E-state index contributed by atoms with van der Waals surface area (Å²) in [5.74, 6) is 2.66. The third-order valence-electron chi connectivity index (χ3n) is 4.17. The van der Waals surface area contributed by atoms with Crippen molar-refractivity contribution in [2.45, 2.75) is 37.8 Å². The Bertz CT molecular complexity index is 400. The van der Waals surface area contributed by atoms with E-state index in [4.69, 9.17) is 0 Å². The molecule has 1 N–H and O–H groups in total. The number of thioether (sulfide) groups is 1. The Labute approximate surface area is 119 Å². The van der Waals surface area contributed by atoms with E-state index in [-0.39, 0.29) is 0 Å². The first-order valence-electron chi connectivity index (χ1n) is 7.38. The molecule has 1 aromatic heterocycles. The molecular formula is C14H24N4S. The number of nitrogens with zero attached hydrogens (tertiary/aromatic N) is 3. The van der Waals surface area contributed by atoms with Gasteiger partial charge in [-0.3, -0.25) is 4.68 Å². The molecular weight excluding hydrogens is 256 g/mol. The minimum atomic E-state index is 0.655. The van der Waals surface area contributed by atoms with Gasteiger partial charge in [-0.2, -0.15) is 16.9 Å². The highest BCUT2D eigenvalue weighted by Gasteiger charge is 2.24. The Hall–Kier alpha value is -0.680. The molecule has 2 fully saturated rings. The van der Waals surface area contributed by atoms with Crippen molar-refractivity contribution in [2.24, 2.45) is 7.05 Å². The third kappa shape index (κ3) is 3.45. The second-order valence-electron chi connectivity index (χ2n) is 5.71. The molecule has 1 atom stereocenters. The largest absolute Gasteiger partial charge is 0.367 e. The lowest BCUT2D eigenvalue weighted by molar-refractivity contribution is 0.360. The van der Waals surface area contributed by atoms with Gasteiger partial charge in [0.15, 0.2) is 0 Å². The molecule has 2 aliphatic heterocycles. The van der Waals surface area contributed by atoms with Crippen LogP contribution in [0.4, 0.5) is 5.69 Å². The number of hydrogen-bond acceptors (Lipinski definition) is 4. The molecule has 3 heterocycles. The predicted molar refractivity (Wildman–Crippen MR) is 81.9 cm³/mol. The van der Waals surface area contributed by atoms with Crippen LogP contribution in [0.1, 0.15) is 25.7 Å².